The molecule has 1 aliphatic carbocycles. The van der Waals surface area contributed by atoms with Gasteiger partial charge in [-0.25, -0.2) is 0 Å². The first-order valence-electron chi connectivity index (χ1n) is 6.48. The topological polar surface area (TPSA) is 15.3 Å². The van der Waals surface area contributed by atoms with E-state index in [1.54, 1.807) is 5.57 Å². The second kappa shape index (κ2) is 4.63. The van der Waals surface area contributed by atoms with Gasteiger partial charge in [0.2, 0.25) is 0 Å². The zero-order chi connectivity index (χ0) is 11.7. The highest BCUT2D eigenvalue weighted by Gasteiger charge is 2.31. The monoisotopic (exact) mass is 228 g/mol. The van der Waals surface area contributed by atoms with Crippen molar-refractivity contribution in [1.29, 1.82) is 0 Å². The molecule has 0 radical (unpaired) electrons. The predicted molar refractivity (Wildman–Crippen MR) is 70.8 cm³/mol. The lowest BCUT2D eigenvalue weighted by molar-refractivity contribution is 0.259. The molecule has 90 valence electrons. The van der Waals surface area contributed by atoms with E-state index < -0.39 is 0 Å². The highest BCUT2D eigenvalue weighted by Crippen LogP contribution is 2.31. The molecule has 0 spiro atoms. The minimum Gasteiger partial charge on any atom is -0.312 e. The highest BCUT2D eigenvalue weighted by atomic mass is 15.1. The summed E-state index contributed by atoms with van der Waals surface area (Å²) in [5.74, 6) is 0.804. The van der Waals surface area contributed by atoms with Crippen molar-refractivity contribution in [3.63, 3.8) is 0 Å². The van der Waals surface area contributed by atoms with Crippen LogP contribution in [0, 0.1) is 5.92 Å². The lowest BCUT2D eigenvalue weighted by Crippen LogP contribution is -2.29. The van der Waals surface area contributed by atoms with Gasteiger partial charge in [0.25, 0.3) is 0 Å². The quantitative estimate of drug-likeness (QED) is 0.796. The first-order chi connectivity index (χ1) is 8.33. The number of benzene rings is 1. The molecule has 0 bridgehead atoms. The predicted octanol–water partition coefficient (Wildman–Crippen LogP) is 2.04. The molecular formula is C15H20N2. The van der Waals surface area contributed by atoms with Crippen LogP contribution < -0.4 is 5.32 Å². The third-order valence-corrected chi connectivity index (χ3v) is 4.02. The summed E-state index contributed by atoms with van der Waals surface area (Å²) in [4.78, 5) is 2.47. The van der Waals surface area contributed by atoms with Crippen LogP contribution in [0.5, 0.6) is 0 Å². The normalized spacial score (nSPS) is 27.3. The maximum Gasteiger partial charge on any atom is 0.0288 e. The zero-order valence-electron chi connectivity index (χ0n) is 10.4. The van der Waals surface area contributed by atoms with Crippen molar-refractivity contribution < 1.29 is 0 Å². The molecule has 2 aliphatic rings. The molecule has 2 atom stereocenters. The number of hydrogen-bond donors (Lipinski definition) is 1. The van der Waals surface area contributed by atoms with Crippen molar-refractivity contribution in [1.82, 2.24) is 10.2 Å². The van der Waals surface area contributed by atoms with Crippen molar-refractivity contribution in [3.05, 3.63) is 47.5 Å². The molecule has 2 heteroatoms. The minimum absolute atomic E-state index is 0.636. The summed E-state index contributed by atoms with van der Waals surface area (Å²) in [6.45, 7) is 3.34. The van der Waals surface area contributed by atoms with Gasteiger partial charge in [-0.15, -0.1) is 0 Å². The van der Waals surface area contributed by atoms with Crippen molar-refractivity contribution in [3.8, 4) is 0 Å². The third-order valence-electron chi connectivity index (χ3n) is 4.02. The van der Waals surface area contributed by atoms with Crippen LogP contribution in [0.25, 0.3) is 0 Å². The van der Waals surface area contributed by atoms with Gasteiger partial charge < -0.3 is 5.32 Å². The molecule has 1 fully saturated rings. The number of rotatable bonds is 3. The van der Waals surface area contributed by atoms with Crippen molar-refractivity contribution >= 4 is 0 Å². The third kappa shape index (κ3) is 2.28. The Bertz CT molecular complexity index is 410. The van der Waals surface area contributed by atoms with E-state index in [1.165, 1.54) is 18.5 Å². The second-order valence-electron chi connectivity index (χ2n) is 5.27. The minimum atomic E-state index is 0.636. The van der Waals surface area contributed by atoms with E-state index >= 15 is 0 Å². The molecular weight excluding hydrogens is 208 g/mol. The molecule has 1 heterocycles. The van der Waals surface area contributed by atoms with Gasteiger partial charge in [0.1, 0.15) is 0 Å². The Labute approximate surface area is 103 Å². The maximum atomic E-state index is 3.45. The van der Waals surface area contributed by atoms with Crippen LogP contribution in [-0.4, -0.2) is 31.1 Å². The molecule has 17 heavy (non-hydrogen) atoms. The first kappa shape index (κ1) is 11.0. The van der Waals surface area contributed by atoms with Gasteiger partial charge in [0.15, 0.2) is 0 Å². The molecule has 0 saturated carbocycles. The average molecular weight is 228 g/mol. The Hall–Kier alpha value is -1.12. The van der Waals surface area contributed by atoms with Crippen LogP contribution in [0.3, 0.4) is 0 Å². The van der Waals surface area contributed by atoms with Gasteiger partial charge >= 0.3 is 0 Å². The van der Waals surface area contributed by atoms with Crippen LogP contribution in [0.1, 0.15) is 12.0 Å². The summed E-state index contributed by atoms with van der Waals surface area (Å²) in [6.07, 6.45) is 3.78. The zero-order valence-corrected chi connectivity index (χ0v) is 10.4. The average Bonchev–Trinajstić information content (AvgIpc) is 2.90. The van der Waals surface area contributed by atoms with Gasteiger partial charge in [0, 0.05) is 25.7 Å². The smallest absolute Gasteiger partial charge is 0.0288 e. The summed E-state index contributed by atoms with van der Waals surface area (Å²) in [7, 11) is 2.24. The van der Waals surface area contributed by atoms with E-state index in [4.69, 9.17) is 0 Å². The van der Waals surface area contributed by atoms with Gasteiger partial charge in [-0.2, -0.15) is 0 Å². The van der Waals surface area contributed by atoms with Crippen molar-refractivity contribution in [2.45, 2.75) is 19.0 Å². The first-order valence-corrected chi connectivity index (χ1v) is 6.48. The van der Waals surface area contributed by atoms with Crippen molar-refractivity contribution in [2.75, 3.05) is 20.1 Å². The summed E-state index contributed by atoms with van der Waals surface area (Å²) < 4.78 is 0. The standard InChI is InChI=1S/C15H20N2/c1-17(11-12-5-3-2-4-6-12)15-7-13-9-16-10-14(13)8-15/h2-7,14-16H,8-11H2,1H3/t14-,15+/m0/s1. The molecule has 1 aromatic carbocycles. The molecule has 2 nitrogen and oxygen atoms in total. The van der Waals surface area contributed by atoms with Crippen LogP contribution in [0.15, 0.2) is 42.0 Å². The largest absolute Gasteiger partial charge is 0.312 e. The van der Waals surface area contributed by atoms with Gasteiger partial charge in [-0.3, -0.25) is 4.90 Å². The van der Waals surface area contributed by atoms with Crippen LogP contribution in [0.2, 0.25) is 0 Å². The Balaban J connectivity index is 1.64. The maximum absolute atomic E-state index is 3.45. The SMILES string of the molecule is CN(Cc1ccccc1)[C@@H]1C=C2CNC[C@@H]2C1. The molecule has 1 aromatic rings. The molecule has 0 amide bonds. The summed E-state index contributed by atoms with van der Waals surface area (Å²) in [6, 6.07) is 11.4. The fourth-order valence-electron chi connectivity index (χ4n) is 3.00. The van der Waals surface area contributed by atoms with Crippen LogP contribution in [-0.2, 0) is 6.54 Å². The van der Waals surface area contributed by atoms with Crippen LogP contribution >= 0.6 is 0 Å². The number of likely N-dealkylation sites (N-methyl/N-ethyl adjacent to an activating group) is 1. The molecule has 1 N–H and O–H groups in total. The number of nitrogens with one attached hydrogen (secondary N) is 1. The molecule has 1 saturated heterocycles. The Morgan fingerprint density at radius 2 is 2.12 bits per heavy atom. The lowest BCUT2D eigenvalue weighted by Gasteiger charge is -2.24. The molecule has 3 rings (SSSR count). The fourth-order valence-corrected chi connectivity index (χ4v) is 3.00. The Morgan fingerprint density at radius 1 is 1.29 bits per heavy atom. The highest BCUT2D eigenvalue weighted by molar-refractivity contribution is 5.24. The summed E-state index contributed by atoms with van der Waals surface area (Å²) >= 11 is 0. The molecule has 0 unspecified atom stereocenters. The van der Waals surface area contributed by atoms with E-state index in [1.807, 2.05) is 0 Å². The number of hydrogen-bond acceptors (Lipinski definition) is 2. The van der Waals surface area contributed by atoms with Crippen LogP contribution in [0.4, 0.5) is 0 Å². The van der Waals surface area contributed by atoms with E-state index in [0.29, 0.717) is 6.04 Å². The van der Waals surface area contributed by atoms with Gasteiger partial charge in [-0.05, 0) is 24.9 Å². The Kier molecular flexibility index (Phi) is 3.00. The van der Waals surface area contributed by atoms with E-state index in [0.717, 1.165) is 19.0 Å². The summed E-state index contributed by atoms with van der Waals surface area (Å²) in [5.41, 5.74) is 3.04. The lowest BCUT2D eigenvalue weighted by atomic mass is 10.0. The summed E-state index contributed by atoms with van der Waals surface area (Å²) in [5, 5.41) is 3.45. The van der Waals surface area contributed by atoms with Gasteiger partial charge in [-0.1, -0.05) is 42.0 Å². The molecule has 1 aliphatic heterocycles. The Morgan fingerprint density at radius 3 is 2.88 bits per heavy atom. The molecule has 0 aromatic heterocycles. The van der Waals surface area contributed by atoms with E-state index in [2.05, 4.69) is 53.7 Å². The fraction of sp³-hybridized carbons (Fsp3) is 0.467. The second-order valence-corrected chi connectivity index (χ2v) is 5.27. The van der Waals surface area contributed by atoms with E-state index in [9.17, 15) is 0 Å². The number of fused-ring (bicyclic) bond motifs is 1. The van der Waals surface area contributed by atoms with Crippen molar-refractivity contribution in [2.24, 2.45) is 5.92 Å². The van der Waals surface area contributed by atoms with Gasteiger partial charge in [0.05, 0.1) is 0 Å². The number of nitrogens with zero attached hydrogens (tertiary/aromatic N) is 1. The van der Waals surface area contributed by atoms with E-state index in [-0.39, 0.29) is 0 Å².